The van der Waals surface area contributed by atoms with Crippen LogP contribution in [0, 0.1) is 11.7 Å². The Bertz CT molecular complexity index is 855. The molecule has 1 aliphatic carbocycles. The van der Waals surface area contributed by atoms with E-state index in [4.69, 9.17) is 4.78 Å². The van der Waals surface area contributed by atoms with E-state index in [0.29, 0.717) is 10.5 Å². The molecule has 0 saturated heterocycles. The number of fused-ring (bicyclic) bond motifs is 1. The molecule has 120 valence electrons. The first-order valence-corrected chi connectivity index (χ1v) is 9.55. The van der Waals surface area contributed by atoms with E-state index in [1.54, 1.807) is 24.3 Å². The molecule has 2 atom stereocenters. The Hall–Kier alpha value is -2.14. The van der Waals surface area contributed by atoms with Crippen molar-refractivity contribution in [1.29, 1.82) is 4.78 Å². The zero-order valence-electron chi connectivity index (χ0n) is 13.3. The van der Waals surface area contributed by atoms with Crippen LogP contribution >= 0.6 is 0 Å². The van der Waals surface area contributed by atoms with Gasteiger partial charge in [-0.05, 0) is 55.2 Å². The summed E-state index contributed by atoms with van der Waals surface area (Å²) in [5, 5.41) is 3.08. The van der Waals surface area contributed by atoms with Crippen molar-refractivity contribution in [2.45, 2.75) is 30.7 Å². The van der Waals surface area contributed by atoms with Gasteiger partial charge in [-0.2, -0.15) is 0 Å². The molecule has 0 radical (unpaired) electrons. The average Bonchev–Trinajstić information content (AvgIpc) is 2.89. The van der Waals surface area contributed by atoms with Crippen LogP contribution in [0.2, 0.25) is 0 Å². The molecule has 2 unspecified atom stereocenters. The van der Waals surface area contributed by atoms with Crippen LogP contribution in [-0.4, -0.2) is 16.4 Å². The smallest absolute Gasteiger partial charge is 0.251 e. The summed E-state index contributed by atoms with van der Waals surface area (Å²) in [6.07, 6.45) is 3.27. The number of hydrogen-bond donors (Lipinski definition) is 2. The summed E-state index contributed by atoms with van der Waals surface area (Å²) in [7, 11) is -2.74. The van der Waals surface area contributed by atoms with Gasteiger partial charge in [0.15, 0.2) is 0 Å². The summed E-state index contributed by atoms with van der Waals surface area (Å²) in [4.78, 5) is 12.9. The van der Waals surface area contributed by atoms with Crippen molar-refractivity contribution in [3.63, 3.8) is 0 Å². The molecule has 4 nitrogen and oxygen atoms in total. The molecule has 23 heavy (non-hydrogen) atoms. The molecule has 5 heteroatoms. The van der Waals surface area contributed by atoms with Gasteiger partial charge in [-0.3, -0.25) is 4.79 Å². The molecule has 3 rings (SSSR count). The fraction of sp³-hybridized carbons (Fsp3) is 0.278. The molecule has 0 aliphatic heterocycles. The highest BCUT2D eigenvalue weighted by Crippen LogP contribution is 2.32. The average molecular weight is 328 g/mol. The SMILES string of the molecule is Cc1ccc2c(c1)C(NC(=O)c1ccc(S(C)(=N)=O)cc1)CC2. The first-order chi connectivity index (χ1) is 10.8. The van der Waals surface area contributed by atoms with E-state index in [2.05, 4.69) is 30.4 Å². The molecule has 0 saturated carbocycles. The molecular weight excluding hydrogens is 308 g/mol. The van der Waals surface area contributed by atoms with Crippen LogP contribution in [0.25, 0.3) is 0 Å². The minimum Gasteiger partial charge on any atom is -0.345 e. The zero-order chi connectivity index (χ0) is 16.6. The zero-order valence-corrected chi connectivity index (χ0v) is 14.1. The number of carbonyl (C=O) groups excluding carboxylic acids is 1. The summed E-state index contributed by atoms with van der Waals surface area (Å²) in [5.41, 5.74) is 4.23. The number of nitrogens with one attached hydrogen (secondary N) is 2. The first kappa shape index (κ1) is 15.7. The van der Waals surface area contributed by atoms with E-state index in [1.807, 2.05) is 0 Å². The van der Waals surface area contributed by atoms with Gasteiger partial charge in [0.05, 0.1) is 15.8 Å². The van der Waals surface area contributed by atoms with Crippen molar-refractivity contribution in [1.82, 2.24) is 5.32 Å². The lowest BCUT2D eigenvalue weighted by Crippen LogP contribution is -2.27. The van der Waals surface area contributed by atoms with Crippen molar-refractivity contribution >= 4 is 15.6 Å². The molecule has 0 fully saturated rings. The highest BCUT2D eigenvalue weighted by molar-refractivity contribution is 7.91. The molecular formula is C18H20N2O2S. The van der Waals surface area contributed by atoms with Gasteiger partial charge in [0.2, 0.25) is 0 Å². The van der Waals surface area contributed by atoms with Crippen LogP contribution in [0.1, 0.15) is 39.5 Å². The second-order valence-electron chi connectivity index (χ2n) is 6.14. The van der Waals surface area contributed by atoms with E-state index in [0.717, 1.165) is 12.8 Å². The van der Waals surface area contributed by atoms with Gasteiger partial charge in [-0.25, -0.2) is 8.99 Å². The summed E-state index contributed by atoms with van der Waals surface area (Å²) in [6, 6.07) is 12.9. The standard InChI is InChI=1S/C18H20N2O2S/c1-12-3-4-13-7-10-17(16(13)11-12)20-18(21)14-5-8-15(9-6-14)23(2,19)22/h3-6,8-9,11,17,19H,7,10H2,1-2H3,(H,20,21). The molecule has 0 heterocycles. The van der Waals surface area contributed by atoms with Crippen LogP contribution in [0.15, 0.2) is 47.4 Å². The molecule has 1 aliphatic rings. The molecule has 2 aromatic carbocycles. The van der Waals surface area contributed by atoms with E-state index in [9.17, 15) is 9.00 Å². The lowest BCUT2D eigenvalue weighted by atomic mass is 10.0. The quantitative estimate of drug-likeness (QED) is 0.906. The third kappa shape index (κ3) is 3.29. The van der Waals surface area contributed by atoms with Crippen LogP contribution < -0.4 is 5.32 Å². The van der Waals surface area contributed by atoms with Crippen LogP contribution in [0.4, 0.5) is 0 Å². The Morgan fingerprint density at radius 2 is 1.91 bits per heavy atom. The van der Waals surface area contributed by atoms with Gasteiger partial charge in [-0.15, -0.1) is 0 Å². The Morgan fingerprint density at radius 3 is 2.57 bits per heavy atom. The fourth-order valence-electron chi connectivity index (χ4n) is 2.98. The van der Waals surface area contributed by atoms with Crippen LogP contribution in [0.5, 0.6) is 0 Å². The van der Waals surface area contributed by atoms with E-state index in [1.165, 1.54) is 22.9 Å². The van der Waals surface area contributed by atoms with Gasteiger partial charge in [0.25, 0.3) is 5.91 Å². The maximum absolute atomic E-state index is 12.4. The second-order valence-corrected chi connectivity index (χ2v) is 8.29. The summed E-state index contributed by atoms with van der Waals surface area (Å²) < 4.78 is 19.2. The lowest BCUT2D eigenvalue weighted by Gasteiger charge is -2.15. The van der Waals surface area contributed by atoms with E-state index >= 15 is 0 Å². The van der Waals surface area contributed by atoms with Gasteiger partial charge >= 0.3 is 0 Å². The molecule has 2 aromatic rings. The molecule has 0 spiro atoms. The van der Waals surface area contributed by atoms with E-state index < -0.39 is 9.73 Å². The Morgan fingerprint density at radius 1 is 1.22 bits per heavy atom. The van der Waals surface area contributed by atoms with E-state index in [-0.39, 0.29) is 11.9 Å². The Labute approximate surface area is 136 Å². The van der Waals surface area contributed by atoms with Gasteiger partial charge in [0, 0.05) is 16.7 Å². The number of hydrogen-bond acceptors (Lipinski definition) is 3. The monoisotopic (exact) mass is 328 g/mol. The van der Waals surface area contributed by atoms with Crippen LogP contribution in [0.3, 0.4) is 0 Å². The third-order valence-corrected chi connectivity index (χ3v) is 5.42. The number of benzene rings is 2. The summed E-state index contributed by atoms with van der Waals surface area (Å²) >= 11 is 0. The van der Waals surface area contributed by atoms with Gasteiger partial charge < -0.3 is 5.32 Å². The van der Waals surface area contributed by atoms with Gasteiger partial charge in [-0.1, -0.05) is 23.8 Å². The second kappa shape index (κ2) is 5.81. The minimum absolute atomic E-state index is 0.0450. The van der Waals surface area contributed by atoms with Crippen molar-refractivity contribution in [2.75, 3.05) is 6.26 Å². The molecule has 2 N–H and O–H groups in total. The predicted molar refractivity (Wildman–Crippen MR) is 91.2 cm³/mol. The highest BCUT2D eigenvalue weighted by Gasteiger charge is 2.24. The van der Waals surface area contributed by atoms with Gasteiger partial charge in [0.1, 0.15) is 0 Å². The maximum atomic E-state index is 12.4. The Balaban J connectivity index is 1.77. The topological polar surface area (TPSA) is 70.0 Å². The molecule has 0 aromatic heterocycles. The minimum atomic E-state index is -2.74. The van der Waals surface area contributed by atoms with Crippen molar-refractivity contribution < 1.29 is 9.00 Å². The van der Waals surface area contributed by atoms with Crippen molar-refractivity contribution in [3.05, 3.63) is 64.7 Å². The highest BCUT2D eigenvalue weighted by atomic mass is 32.2. The lowest BCUT2D eigenvalue weighted by molar-refractivity contribution is 0.0936. The summed E-state index contributed by atoms with van der Waals surface area (Å²) in [5.74, 6) is -0.136. The fourth-order valence-corrected chi connectivity index (χ4v) is 3.63. The van der Waals surface area contributed by atoms with Crippen LogP contribution in [-0.2, 0) is 16.1 Å². The molecule has 0 bridgehead atoms. The number of amides is 1. The number of rotatable bonds is 3. The normalized spacial score (nSPS) is 19.0. The van der Waals surface area contributed by atoms with Crippen molar-refractivity contribution in [3.8, 4) is 0 Å². The summed E-state index contributed by atoms with van der Waals surface area (Å²) in [6.45, 7) is 2.05. The number of carbonyl (C=O) groups is 1. The predicted octanol–water partition coefficient (Wildman–Crippen LogP) is 3.45. The third-order valence-electron chi connectivity index (χ3n) is 4.25. The van der Waals surface area contributed by atoms with Crippen molar-refractivity contribution in [2.24, 2.45) is 0 Å². The number of aryl methyl sites for hydroxylation is 2. The molecule has 1 amide bonds. The maximum Gasteiger partial charge on any atom is 0.251 e. The largest absolute Gasteiger partial charge is 0.345 e. The Kier molecular flexibility index (Phi) is 3.98. The first-order valence-electron chi connectivity index (χ1n) is 7.59.